The van der Waals surface area contributed by atoms with Crippen molar-refractivity contribution in [3.8, 4) is 5.75 Å². The molecule has 0 amide bonds. The Morgan fingerprint density at radius 1 is 0.950 bits per heavy atom. The molecule has 0 saturated heterocycles. The molecule has 40 heavy (non-hydrogen) atoms. The molecule has 0 aliphatic carbocycles. The number of carbonyl (C=O) groups is 1. The van der Waals surface area contributed by atoms with Crippen molar-refractivity contribution in [1.29, 1.82) is 0 Å². The lowest BCUT2D eigenvalue weighted by Gasteiger charge is -2.24. The van der Waals surface area contributed by atoms with E-state index in [9.17, 15) is 9.59 Å². The molecule has 0 radical (unpaired) electrons. The maximum Gasteiger partial charge on any atom is 0.338 e. The van der Waals surface area contributed by atoms with Crippen LogP contribution in [0.15, 0.2) is 118 Å². The number of rotatable bonds is 6. The summed E-state index contributed by atoms with van der Waals surface area (Å²) in [6.07, 6.45) is 1.84. The molecule has 0 N–H and O–H groups in total. The summed E-state index contributed by atoms with van der Waals surface area (Å²) in [7, 11) is 1.34. The largest absolute Gasteiger partial charge is 0.489 e. The third kappa shape index (κ3) is 4.87. The van der Waals surface area contributed by atoms with Gasteiger partial charge in [0.1, 0.15) is 12.4 Å². The number of benzene rings is 4. The smallest absolute Gasteiger partial charge is 0.338 e. The minimum atomic E-state index is -0.613. The predicted octanol–water partition coefficient (Wildman–Crippen LogP) is 5.14. The first kappa shape index (κ1) is 25.5. The number of ether oxygens (including phenoxy) is 2. The Hall–Kier alpha value is -4.75. The van der Waals surface area contributed by atoms with Crippen LogP contribution in [0.25, 0.3) is 16.8 Å². The van der Waals surface area contributed by atoms with Crippen molar-refractivity contribution in [2.45, 2.75) is 19.6 Å². The van der Waals surface area contributed by atoms with Crippen LogP contribution in [0.2, 0.25) is 0 Å². The number of hydrogen-bond acceptors (Lipinski definition) is 6. The zero-order chi connectivity index (χ0) is 27.6. The summed E-state index contributed by atoms with van der Waals surface area (Å²) < 4.78 is 13.2. The predicted molar refractivity (Wildman–Crippen MR) is 157 cm³/mol. The summed E-state index contributed by atoms with van der Waals surface area (Å²) in [5.74, 6) is 0.248. The van der Waals surface area contributed by atoms with Crippen molar-refractivity contribution in [2.75, 3.05) is 7.11 Å². The number of allylic oxidation sites excluding steroid dienone is 1. The number of esters is 1. The van der Waals surface area contributed by atoms with Crippen molar-refractivity contribution in [1.82, 2.24) is 4.57 Å². The summed E-state index contributed by atoms with van der Waals surface area (Å²) in [5, 5.41) is 2.39. The average molecular weight is 547 g/mol. The molecule has 0 fully saturated rings. The lowest BCUT2D eigenvalue weighted by molar-refractivity contribution is -0.136. The fourth-order valence-electron chi connectivity index (χ4n) is 4.95. The summed E-state index contributed by atoms with van der Waals surface area (Å²) >= 11 is 1.30. The Kier molecular flexibility index (Phi) is 6.88. The molecule has 0 bridgehead atoms. The van der Waals surface area contributed by atoms with E-state index in [0.29, 0.717) is 27.2 Å². The molecule has 1 aliphatic rings. The summed E-state index contributed by atoms with van der Waals surface area (Å²) in [6.45, 7) is 2.24. The van der Waals surface area contributed by atoms with Crippen LogP contribution in [0.1, 0.15) is 29.7 Å². The van der Waals surface area contributed by atoms with Crippen LogP contribution in [0, 0.1) is 0 Å². The number of methoxy groups -OCH3 is 1. The van der Waals surface area contributed by atoms with Gasteiger partial charge < -0.3 is 9.47 Å². The van der Waals surface area contributed by atoms with Gasteiger partial charge in [0, 0.05) is 0 Å². The van der Waals surface area contributed by atoms with Crippen molar-refractivity contribution < 1.29 is 14.3 Å². The van der Waals surface area contributed by atoms with Gasteiger partial charge in [-0.05, 0) is 58.7 Å². The maximum absolute atomic E-state index is 13.7. The van der Waals surface area contributed by atoms with Crippen molar-refractivity contribution in [3.63, 3.8) is 0 Å². The second-order valence-corrected chi connectivity index (χ2v) is 10.5. The van der Waals surface area contributed by atoms with Gasteiger partial charge in [0.25, 0.3) is 5.56 Å². The number of carbonyl (C=O) groups excluding carboxylic acids is 1. The van der Waals surface area contributed by atoms with E-state index in [0.717, 1.165) is 22.4 Å². The van der Waals surface area contributed by atoms with Gasteiger partial charge >= 0.3 is 5.97 Å². The zero-order valence-electron chi connectivity index (χ0n) is 22.0. The Balaban J connectivity index is 1.29. The normalized spacial score (nSPS) is 15.1. The SMILES string of the molecule is COC(=O)C1=C(C)N=c2sc(=Cc3ccc(OCc4ccc5ccccc5c4)cc3)c(=O)n2C1c1ccccc1. The monoisotopic (exact) mass is 546 g/mol. The molecular formula is C33H26N2O4S. The Morgan fingerprint density at radius 3 is 2.42 bits per heavy atom. The molecular weight excluding hydrogens is 520 g/mol. The molecule has 1 aromatic heterocycles. The Labute approximate surface area is 234 Å². The first-order valence-electron chi connectivity index (χ1n) is 12.9. The van der Waals surface area contributed by atoms with E-state index in [4.69, 9.17) is 9.47 Å². The minimum Gasteiger partial charge on any atom is -0.489 e. The molecule has 5 aromatic rings. The third-order valence-electron chi connectivity index (χ3n) is 6.94. The van der Waals surface area contributed by atoms with Crippen LogP contribution in [0.3, 0.4) is 0 Å². The average Bonchev–Trinajstić information content (AvgIpc) is 3.29. The minimum absolute atomic E-state index is 0.205. The molecule has 1 atom stereocenters. The zero-order valence-corrected chi connectivity index (χ0v) is 22.9. The molecule has 4 aromatic carbocycles. The first-order chi connectivity index (χ1) is 19.5. The highest BCUT2D eigenvalue weighted by Gasteiger charge is 2.32. The quantitative estimate of drug-likeness (QED) is 0.277. The van der Waals surface area contributed by atoms with Crippen molar-refractivity contribution in [2.24, 2.45) is 4.99 Å². The van der Waals surface area contributed by atoms with Gasteiger partial charge in [-0.1, -0.05) is 90.2 Å². The lowest BCUT2D eigenvalue weighted by Crippen LogP contribution is -2.39. The molecule has 198 valence electrons. The molecule has 6 nitrogen and oxygen atoms in total. The third-order valence-corrected chi connectivity index (χ3v) is 7.92. The molecule has 7 heteroatoms. The van der Waals surface area contributed by atoms with Gasteiger partial charge in [0.15, 0.2) is 4.80 Å². The summed E-state index contributed by atoms with van der Waals surface area (Å²) in [4.78, 5) is 31.6. The Morgan fingerprint density at radius 2 is 1.68 bits per heavy atom. The van der Waals surface area contributed by atoms with Crippen LogP contribution in [0.5, 0.6) is 5.75 Å². The summed E-state index contributed by atoms with van der Waals surface area (Å²) in [6, 6.07) is 31.1. The van der Waals surface area contributed by atoms with Crippen LogP contribution in [0.4, 0.5) is 0 Å². The molecule has 0 saturated carbocycles. The highest BCUT2D eigenvalue weighted by Crippen LogP contribution is 2.30. The number of fused-ring (bicyclic) bond motifs is 2. The van der Waals surface area contributed by atoms with Gasteiger partial charge in [0.05, 0.1) is 29.0 Å². The van der Waals surface area contributed by atoms with E-state index in [2.05, 4.69) is 35.3 Å². The van der Waals surface area contributed by atoms with Crippen LogP contribution in [-0.2, 0) is 16.1 Å². The topological polar surface area (TPSA) is 69.9 Å². The summed E-state index contributed by atoms with van der Waals surface area (Å²) in [5.41, 5.74) is 3.48. The molecule has 6 rings (SSSR count). The maximum atomic E-state index is 13.7. The number of hydrogen-bond donors (Lipinski definition) is 0. The van der Waals surface area contributed by atoms with E-state index in [1.807, 2.05) is 72.8 Å². The van der Waals surface area contributed by atoms with Crippen molar-refractivity contribution >= 4 is 34.2 Å². The van der Waals surface area contributed by atoms with Gasteiger partial charge in [-0.15, -0.1) is 0 Å². The van der Waals surface area contributed by atoms with Gasteiger partial charge in [0.2, 0.25) is 0 Å². The van der Waals surface area contributed by atoms with E-state index in [1.165, 1.54) is 29.2 Å². The van der Waals surface area contributed by atoms with Gasteiger partial charge in [-0.3, -0.25) is 9.36 Å². The van der Waals surface area contributed by atoms with Gasteiger partial charge in [-0.2, -0.15) is 0 Å². The second-order valence-electron chi connectivity index (χ2n) is 9.52. The number of nitrogens with zero attached hydrogens (tertiary/aromatic N) is 2. The first-order valence-corrected chi connectivity index (χ1v) is 13.7. The second kappa shape index (κ2) is 10.8. The lowest BCUT2D eigenvalue weighted by atomic mass is 9.96. The van der Waals surface area contributed by atoms with Crippen molar-refractivity contribution in [3.05, 3.63) is 145 Å². The highest BCUT2D eigenvalue weighted by molar-refractivity contribution is 7.07. The van der Waals surface area contributed by atoms with Crippen LogP contribution in [-0.4, -0.2) is 17.6 Å². The highest BCUT2D eigenvalue weighted by atomic mass is 32.1. The number of aromatic nitrogens is 1. The van der Waals surface area contributed by atoms with Crippen LogP contribution >= 0.6 is 11.3 Å². The fraction of sp³-hybridized carbons (Fsp3) is 0.121. The van der Waals surface area contributed by atoms with E-state index >= 15 is 0 Å². The van der Waals surface area contributed by atoms with E-state index in [1.54, 1.807) is 11.5 Å². The van der Waals surface area contributed by atoms with E-state index in [-0.39, 0.29) is 5.56 Å². The standard InChI is InChI=1S/C33H26N2O4S/c1-21-29(32(37)38-2)30(25-9-4-3-5-10-25)35-31(36)28(40-33(35)34-21)19-22-13-16-27(17-14-22)39-20-23-12-15-24-8-6-7-11-26(24)18-23/h3-19,30H,20H2,1-2H3. The van der Waals surface area contributed by atoms with Crippen LogP contribution < -0.4 is 19.6 Å². The molecule has 0 spiro atoms. The molecule has 1 aliphatic heterocycles. The van der Waals surface area contributed by atoms with E-state index < -0.39 is 12.0 Å². The molecule has 2 heterocycles. The fourth-order valence-corrected chi connectivity index (χ4v) is 6.00. The molecule has 1 unspecified atom stereocenters. The van der Waals surface area contributed by atoms with Gasteiger partial charge in [-0.25, -0.2) is 9.79 Å². The number of thiazole rings is 1. The Bertz CT molecular complexity index is 1940.